The molecule has 3 rings (SSSR count). The Hall–Kier alpha value is -1.94. The molecule has 1 aliphatic heterocycles. The van der Waals surface area contributed by atoms with Crippen LogP contribution in [0.1, 0.15) is 86.7 Å². The number of aromatic nitrogens is 2. The predicted octanol–water partition coefficient (Wildman–Crippen LogP) is 5.72. The summed E-state index contributed by atoms with van der Waals surface area (Å²) in [6.07, 6.45) is 12.3. The lowest BCUT2D eigenvalue weighted by atomic mass is 9.96. The van der Waals surface area contributed by atoms with Crippen LogP contribution in [0.25, 0.3) is 0 Å². The van der Waals surface area contributed by atoms with Gasteiger partial charge in [-0.05, 0) is 74.7 Å². The zero-order valence-corrected chi connectivity index (χ0v) is 19.1. The average Bonchev–Trinajstić information content (AvgIpc) is 3.23. The second-order valence-corrected chi connectivity index (χ2v) is 9.22. The van der Waals surface area contributed by atoms with Gasteiger partial charge in [-0.3, -0.25) is 9.48 Å². The molecule has 1 aromatic carbocycles. The summed E-state index contributed by atoms with van der Waals surface area (Å²) in [5.41, 5.74) is 3.54. The number of carbonyl (C=O) groups excluding carboxylic acids is 1. The highest BCUT2D eigenvalue weighted by molar-refractivity contribution is 5.95. The highest BCUT2D eigenvalue weighted by atomic mass is 16.1. The molecule has 4 nitrogen and oxygen atoms in total. The standard InChI is InChI=1S/C26H39N3O/c1-4-26(30)24-11-9-22(10-12-24)8-6-5-7-15-28-16-13-23(14-17-28)19-29-20-25(18-27-29)21(2)3/h9-12,18,20-21,23H,4-8,13-17,19H2,1-3H3. The van der Waals surface area contributed by atoms with Crippen LogP contribution in [-0.4, -0.2) is 40.1 Å². The second kappa shape index (κ2) is 11.5. The normalized spacial score (nSPS) is 15.7. The van der Waals surface area contributed by atoms with Crippen molar-refractivity contribution in [2.24, 2.45) is 5.92 Å². The molecule has 1 fully saturated rings. The van der Waals surface area contributed by atoms with Gasteiger partial charge in [0.25, 0.3) is 0 Å². The summed E-state index contributed by atoms with van der Waals surface area (Å²) >= 11 is 0. The largest absolute Gasteiger partial charge is 0.303 e. The van der Waals surface area contributed by atoms with Crippen LogP contribution in [0.4, 0.5) is 0 Å². The van der Waals surface area contributed by atoms with E-state index in [1.54, 1.807) is 0 Å². The fourth-order valence-corrected chi connectivity index (χ4v) is 4.34. The first kappa shape index (κ1) is 22.7. The Morgan fingerprint density at radius 1 is 1.10 bits per heavy atom. The number of unbranched alkanes of at least 4 members (excludes halogenated alkanes) is 2. The number of carbonyl (C=O) groups is 1. The van der Waals surface area contributed by atoms with Gasteiger partial charge < -0.3 is 4.90 Å². The van der Waals surface area contributed by atoms with Gasteiger partial charge in [-0.2, -0.15) is 5.10 Å². The van der Waals surface area contributed by atoms with E-state index in [-0.39, 0.29) is 5.78 Å². The Morgan fingerprint density at radius 2 is 1.83 bits per heavy atom. The Balaban J connectivity index is 1.27. The number of hydrogen-bond donors (Lipinski definition) is 0. The molecule has 164 valence electrons. The van der Waals surface area contributed by atoms with Gasteiger partial charge in [0.2, 0.25) is 0 Å². The van der Waals surface area contributed by atoms with Crippen molar-refractivity contribution in [2.75, 3.05) is 19.6 Å². The van der Waals surface area contributed by atoms with Crippen molar-refractivity contribution in [1.29, 1.82) is 0 Å². The van der Waals surface area contributed by atoms with Crippen LogP contribution < -0.4 is 0 Å². The molecule has 2 heterocycles. The van der Waals surface area contributed by atoms with Gasteiger partial charge in [0.1, 0.15) is 0 Å². The van der Waals surface area contributed by atoms with Crippen molar-refractivity contribution >= 4 is 5.78 Å². The van der Waals surface area contributed by atoms with Gasteiger partial charge in [-0.15, -0.1) is 0 Å². The maximum absolute atomic E-state index is 11.7. The lowest BCUT2D eigenvalue weighted by Crippen LogP contribution is -2.35. The molecule has 0 amide bonds. The van der Waals surface area contributed by atoms with Crippen LogP contribution in [0.15, 0.2) is 36.7 Å². The minimum atomic E-state index is 0.232. The number of nitrogens with zero attached hydrogens (tertiary/aromatic N) is 3. The van der Waals surface area contributed by atoms with Crippen LogP contribution in [-0.2, 0) is 13.0 Å². The van der Waals surface area contributed by atoms with Crippen molar-refractivity contribution in [3.63, 3.8) is 0 Å². The molecule has 2 aromatic rings. The summed E-state index contributed by atoms with van der Waals surface area (Å²) in [4.78, 5) is 14.3. The topological polar surface area (TPSA) is 38.1 Å². The number of Topliss-reactive ketones (excluding diaryl/α,β-unsaturated/α-hetero) is 1. The maximum Gasteiger partial charge on any atom is 0.162 e. The molecule has 0 N–H and O–H groups in total. The molecule has 0 radical (unpaired) electrons. The van der Waals surface area contributed by atoms with Gasteiger partial charge >= 0.3 is 0 Å². The maximum atomic E-state index is 11.7. The molecule has 4 heteroatoms. The molecule has 30 heavy (non-hydrogen) atoms. The Labute approximate surface area is 182 Å². The summed E-state index contributed by atoms with van der Waals surface area (Å²) in [6.45, 7) is 11.1. The first-order chi connectivity index (χ1) is 14.5. The van der Waals surface area contributed by atoms with E-state index in [1.807, 2.05) is 25.3 Å². The monoisotopic (exact) mass is 409 g/mol. The lowest BCUT2D eigenvalue weighted by Gasteiger charge is -2.31. The summed E-state index contributed by atoms with van der Waals surface area (Å²) in [6, 6.07) is 8.21. The molecule has 0 bridgehead atoms. The van der Waals surface area contributed by atoms with E-state index < -0.39 is 0 Å². The van der Waals surface area contributed by atoms with Gasteiger partial charge in [-0.1, -0.05) is 51.5 Å². The number of piperidine rings is 1. The zero-order valence-electron chi connectivity index (χ0n) is 19.1. The van der Waals surface area contributed by atoms with E-state index in [9.17, 15) is 4.79 Å². The van der Waals surface area contributed by atoms with Crippen molar-refractivity contribution in [2.45, 2.75) is 78.2 Å². The van der Waals surface area contributed by atoms with E-state index in [4.69, 9.17) is 0 Å². The van der Waals surface area contributed by atoms with Crippen molar-refractivity contribution < 1.29 is 4.79 Å². The minimum Gasteiger partial charge on any atom is -0.303 e. The predicted molar refractivity (Wildman–Crippen MR) is 124 cm³/mol. The van der Waals surface area contributed by atoms with Gasteiger partial charge in [-0.25, -0.2) is 0 Å². The number of rotatable bonds is 11. The van der Waals surface area contributed by atoms with Gasteiger partial charge in [0.15, 0.2) is 5.78 Å². The van der Waals surface area contributed by atoms with E-state index >= 15 is 0 Å². The van der Waals surface area contributed by atoms with Crippen molar-refractivity contribution in [3.05, 3.63) is 53.3 Å². The quantitative estimate of drug-likeness (QED) is 0.352. The van der Waals surface area contributed by atoms with Crippen molar-refractivity contribution in [1.82, 2.24) is 14.7 Å². The molecule has 0 saturated carbocycles. The van der Waals surface area contributed by atoms with E-state index in [2.05, 4.69) is 46.9 Å². The lowest BCUT2D eigenvalue weighted by molar-refractivity contribution is 0.0988. The fourth-order valence-electron chi connectivity index (χ4n) is 4.34. The second-order valence-electron chi connectivity index (χ2n) is 9.22. The van der Waals surface area contributed by atoms with Crippen LogP contribution >= 0.6 is 0 Å². The summed E-state index contributed by atoms with van der Waals surface area (Å²) in [5.74, 6) is 1.56. The number of aryl methyl sites for hydroxylation is 1. The molecule has 0 aliphatic carbocycles. The number of likely N-dealkylation sites (tertiary alicyclic amines) is 1. The van der Waals surface area contributed by atoms with Crippen LogP contribution in [0.2, 0.25) is 0 Å². The molecular weight excluding hydrogens is 370 g/mol. The zero-order chi connectivity index (χ0) is 21.3. The first-order valence-electron chi connectivity index (χ1n) is 11.9. The van der Waals surface area contributed by atoms with Gasteiger partial charge in [0, 0.05) is 24.7 Å². The van der Waals surface area contributed by atoms with Crippen LogP contribution in [0.5, 0.6) is 0 Å². The molecule has 1 aromatic heterocycles. The van der Waals surface area contributed by atoms with E-state index in [0.717, 1.165) is 24.4 Å². The molecule has 0 atom stereocenters. The summed E-state index contributed by atoms with van der Waals surface area (Å²) in [7, 11) is 0. The molecule has 1 aliphatic rings. The number of ketones is 1. The smallest absolute Gasteiger partial charge is 0.162 e. The highest BCUT2D eigenvalue weighted by Crippen LogP contribution is 2.21. The van der Waals surface area contributed by atoms with E-state index in [1.165, 1.54) is 62.9 Å². The summed E-state index contributed by atoms with van der Waals surface area (Å²) in [5, 5.41) is 4.55. The highest BCUT2D eigenvalue weighted by Gasteiger charge is 2.19. The number of hydrogen-bond acceptors (Lipinski definition) is 3. The number of benzene rings is 1. The third-order valence-corrected chi connectivity index (χ3v) is 6.51. The average molecular weight is 410 g/mol. The molecule has 1 saturated heterocycles. The SMILES string of the molecule is CCC(=O)c1ccc(CCCCCN2CCC(Cn3cc(C(C)C)cn3)CC2)cc1. The van der Waals surface area contributed by atoms with Gasteiger partial charge in [0.05, 0.1) is 6.20 Å². The third kappa shape index (κ3) is 6.80. The molecular formula is C26H39N3O. The van der Waals surface area contributed by atoms with Crippen LogP contribution in [0, 0.1) is 5.92 Å². The molecule has 0 unspecified atom stereocenters. The molecule has 0 spiro atoms. The Morgan fingerprint density at radius 3 is 2.47 bits per heavy atom. The Bertz CT molecular complexity index is 770. The first-order valence-corrected chi connectivity index (χ1v) is 11.9. The fraction of sp³-hybridized carbons (Fsp3) is 0.615. The summed E-state index contributed by atoms with van der Waals surface area (Å²) < 4.78 is 2.15. The Kier molecular flexibility index (Phi) is 8.68. The van der Waals surface area contributed by atoms with Crippen molar-refractivity contribution in [3.8, 4) is 0 Å². The van der Waals surface area contributed by atoms with Crippen LogP contribution in [0.3, 0.4) is 0 Å². The van der Waals surface area contributed by atoms with E-state index in [0.29, 0.717) is 12.3 Å². The minimum absolute atomic E-state index is 0.232. The third-order valence-electron chi connectivity index (χ3n) is 6.51.